The van der Waals surface area contributed by atoms with Crippen molar-refractivity contribution in [1.29, 1.82) is 0 Å². The third-order valence-corrected chi connectivity index (χ3v) is 6.00. The first-order valence-electron chi connectivity index (χ1n) is 8.98. The lowest BCUT2D eigenvalue weighted by molar-refractivity contribution is -0.129. The Bertz CT molecular complexity index is 605. The summed E-state index contributed by atoms with van der Waals surface area (Å²) in [6.07, 6.45) is 6.28. The number of amides is 1. The van der Waals surface area contributed by atoms with Crippen LogP contribution in [0.5, 0.6) is 0 Å². The van der Waals surface area contributed by atoms with Crippen molar-refractivity contribution < 1.29 is 18.3 Å². The van der Waals surface area contributed by atoms with Crippen molar-refractivity contribution in [2.75, 3.05) is 6.61 Å². The van der Waals surface area contributed by atoms with Crippen molar-refractivity contribution in [3.05, 3.63) is 35.4 Å². The molecule has 3 fully saturated rings. The highest BCUT2D eigenvalue weighted by atomic mass is 19.1. The maximum Gasteiger partial charge on any atom is 0.224 e. The molecule has 2 saturated carbocycles. The highest BCUT2D eigenvalue weighted by Crippen LogP contribution is 2.51. The van der Waals surface area contributed by atoms with Crippen molar-refractivity contribution in [3.63, 3.8) is 0 Å². The molecule has 1 aromatic carbocycles. The Morgan fingerprint density at radius 3 is 2.54 bits per heavy atom. The highest BCUT2D eigenvalue weighted by molar-refractivity contribution is 5.79. The summed E-state index contributed by atoms with van der Waals surface area (Å²) in [6, 6.07) is 3.43. The SMILES string of the molecule is O=C(Cc1cc(F)cc(F)c1)N[C@H]1[C@@H]2CCO[C@@H]2[C@@H]1C1CCCC1. The van der Waals surface area contributed by atoms with Gasteiger partial charge in [-0.3, -0.25) is 4.79 Å². The smallest absolute Gasteiger partial charge is 0.224 e. The van der Waals surface area contributed by atoms with E-state index in [-0.39, 0.29) is 18.4 Å². The molecule has 0 radical (unpaired) electrons. The molecule has 1 heterocycles. The van der Waals surface area contributed by atoms with Gasteiger partial charge >= 0.3 is 0 Å². The van der Waals surface area contributed by atoms with Gasteiger partial charge in [0.25, 0.3) is 0 Å². The fourth-order valence-corrected chi connectivity index (χ4v) is 5.00. The van der Waals surface area contributed by atoms with Crippen molar-refractivity contribution in [2.24, 2.45) is 17.8 Å². The first kappa shape index (κ1) is 16.0. The van der Waals surface area contributed by atoms with E-state index >= 15 is 0 Å². The molecule has 130 valence electrons. The molecule has 1 saturated heterocycles. The predicted octanol–water partition coefficient (Wildman–Crippen LogP) is 3.22. The minimum atomic E-state index is -0.644. The summed E-state index contributed by atoms with van der Waals surface area (Å²) in [4.78, 5) is 12.4. The Morgan fingerprint density at radius 1 is 1.12 bits per heavy atom. The van der Waals surface area contributed by atoms with E-state index in [1.54, 1.807) is 0 Å². The first-order valence-corrected chi connectivity index (χ1v) is 8.98. The second-order valence-electron chi connectivity index (χ2n) is 7.46. The van der Waals surface area contributed by atoms with Crippen LogP contribution in [0.3, 0.4) is 0 Å². The number of benzene rings is 1. The number of nitrogens with one attached hydrogen (secondary N) is 1. The fraction of sp³-hybridized carbons (Fsp3) is 0.632. The second-order valence-corrected chi connectivity index (χ2v) is 7.46. The second kappa shape index (κ2) is 6.43. The van der Waals surface area contributed by atoms with Gasteiger partial charge in [-0.25, -0.2) is 8.78 Å². The van der Waals surface area contributed by atoms with Crippen LogP contribution < -0.4 is 5.32 Å². The molecule has 3 nitrogen and oxygen atoms in total. The van der Waals surface area contributed by atoms with Crippen molar-refractivity contribution in [3.8, 4) is 0 Å². The third-order valence-electron chi connectivity index (χ3n) is 6.00. The summed E-state index contributed by atoms with van der Waals surface area (Å²) < 4.78 is 32.4. The van der Waals surface area contributed by atoms with Crippen LogP contribution in [-0.2, 0) is 16.0 Å². The Labute approximate surface area is 140 Å². The average Bonchev–Trinajstić information content (AvgIpc) is 3.15. The van der Waals surface area contributed by atoms with E-state index in [0.29, 0.717) is 29.4 Å². The van der Waals surface area contributed by atoms with E-state index in [0.717, 1.165) is 19.1 Å². The van der Waals surface area contributed by atoms with Crippen LogP contribution in [0.15, 0.2) is 18.2 Å². The minimum Gasteiger partial charge on any atom is -0.377 e. The van der Waals surface area contributed by atoms with Crippen molar-refractivity contribution >= 4 is 5.91 Å². The number of rotatable bonds is 4. The molecule has 0 bridgehead atoms. The van der Waals surface area contributed by atoms with E-state index in [4.69, 9.17) is 4.74 Å². The lowest BCUT2D eigenvalue weighted by atomic mass is 9.61. The van der Waals surface area contributed by atoms with Crippen LogP contribution in [0.1, 0.15) is 37.7 Å². The maximum atomic E-state index is 13.3. The molecular weight excluding hydrogens is 312 g/mol. The van der Waals surface area contributed by atoms with E-state index in [2.05, 4.69) is 5.32 Å². The van der Waals surface area contributed by atoms with Crippen LogP contribution in [0, 0.1) is 29.4 Å². The van der Waals surface area contributed by atoms with Gasteiger partial charge in [0.1, 0.15) is 11.6 Å². The quantitative estimate of drug-likeness (QED) is 0.917. The molecule has 0 spiro atoms. The Hall–Kier alpha value is -1.49. The lowest BCUT2D eigenvalue weighted by Crippen LogP contribution is -2.63. The summed E-state index contributed by atoms with van der Waals surface area (Å²) in [5.41, 5.74) is 0.376. The fourth-order valence-electron chi connectivity index (χ4n) is 5.00. The molecule has 3 aliphatic rings. The standard InChI is InChI=1S/C19H23F2NO2/c20-13-7-11(8-14(21)10-13)9-16(23)22-18-15-5-6-24-19(15)17(18)12-3-1-2-4-12/h7-8,10,12,15,17-19H,1-6,9H2,(H,22,23)/t15-,17+,18-,19-/m0/s1. The number of carbonyl (C=O) groups is 1. The number of halogens is 2. The molecule has 0 aromatic heterocycles. The number of hydrogen-bond donors (Lipinski definition) is 1. The Morgan fingerprint density at radius 2 is 1.83 bits per heavy atom. The molecule has 1 aliphatic heterocycles. The third kappa shape index (κ3) is 2.94. The monoisotopic (exact) mass is 335 g/mol. The van der Waals surface area contributed by atoms with Crippen LogP contribution in [-0.4, -0.2) is 24.7 Å². The van der Waals surface area contributed by atoms with E-state index in [1.807, 2.05) is 0 Å². The number of carbonyl (C=O) groups excluding carboxylic acids is 1. The largest absolute Gasteiger partial charge is 0.377 e. The maximum absolute atomic E-state index is 13.3. The van der Waals surface area contributed by atoms with Crippen LogP contribution in [0.4, 0.5) is 8.78 Å². The molecule has 2 aliphatic carbocycles. The Kier molecular flexibility index (Phi) is 4.29. The summed E-state index contributed by atoms with van der Waals surface area (Å²) in [5, 5.41) is 3.14. The van der Waals surface area contributed by atoms with Gasteiger partial charge in [-0.15, -0.1) is 0 Å². The summed E-state index contributed by atoms with van der Waals surface area (Å²) in [5.74, 6) is 0.0145. The zero-order chi connectivity index (χ0) is 16.7. The van der Waals surface area contributed by atoms with Gasteiger partial charge in [-0.2, -0.15) is 0 Å². The van der Waals surface area contributed by atoms with Crippen molar-refractivity contribution in [2.45, 2.75) is 50.7 Å². The van der Waals surface area contributed by atoms with Gasteiger partial charge in [0.2, 0.25) is 5.91 Å². The summed E-state index contributed by atoms with van der Waals surface area (Å²) in [6.45, 7) is 0.778. The zero-order valence-corrected chi connectivity index (χ0v) is 13.6. The Balaban J connectivity index is 1.42. The molecule has 1 amide bonds. The van der Waals surface area contributed by atoms with E-state index in [1.165, 1.54) is 37.8 Å². The molecule has 1 N–H and O–H groups in total. The van der Waals surface area contributed by atoms with Gasteiger partial charge in [0.15, 0.2) is 0 Å². The molecular formula is C19H23F2NO2. The average molecular weight is 335 g/mol. The van der Waals surface area contributed by atoms with E-state index in [9.17, 15) is 13.6 Å². The van der Waals surface area contributed by atoms with Gasteiger partial charge in [0.05, 0.1) is 12.5 Å². The van der Waals surface area contributed by atoms with Crippen LogP contribution in [0.25, 0.3) is 0 Å². The van der Waals surface area contributed by atoms with Crippen molar-refractivity contribution in [1.82, 2.24) is 5.32 Å². The van der Waals surface area contributed by atoms with E-state index < -0.39 is 11.6 Å². The first-order chi connectivity index (χ1) is 11.6. The van der Waals surface area contributed by atoms with Gasteiger partial charge in [0, 0.05) is 30.6 Å². The normalized spacial score (nSPS) is 32.4. The number of hydrogen-bond acceptors (Lipinski definition) is 2. The van der Waals surface area contributed by atoms with Crippen LogP contribution >= 0.6 is 0 Å². The highest BCUT2D eigenvalue weighted by Gasteiger charge is 2.56. The zero-order valence-electron chi connectivity index (χ0n) is 13.6. The summed E-state index contributed by atoms with van der Waals surface area (Å²) in [7, 11) is 0. The molecule has 0 unspecified atom stereocenters. The lowest BCUT2D eigenvalue weighted by Gasteiger charge is -2.50. The topological polar surface area (TPSA) is 38.3 Å². The molecule has 1 aromatic rings. The number of ether oxygens (including phenoxy) is 1. The molecule has 24 heavy (non-hydrogen) atoms. The van der Waals surface area contributed by atoms with Gasteiger partial charge in [-0.05, 0) is 30.0 Å². The summed E-state index contributed by atoms with van der Waals surface area (Å²) >= 11 is 0. The van der Waals surface area contributed by atoms with Crippen LogP contribution in [0.2, 0.25) is 0 Å². The molecule has 4 rings (SSSR count). The van der Waals surface area contributed by atoms with Gasteiger partial charge < -0.3 is 10.1 Å². The molecule has 5 heteroatoms. The van der Waals surface area contributed by atoms with Gasteiger partial charge in [-0.1, -0.05) is 25.7 Å². The number of fused-ring (bicyclic) bond motifs is 1. The minimum absolute atomic E-state index is 0.0147. The predicted molar refractivity (Wildman–Crippen MR) is 85.3 cm³/mol. The molecule has 4 atom stereocenters.